The third-order valence-corrected chi connectivity index (χ3v) is 3.60. The predicted octanol–water partition coefficient (Wildman–Crippen LogP) is 2.38. The number of nitrogens with zero attached hydrogens (tertiary/aromatic N) is 1. The van der Waals surface area contributed by atoms with E-state index in [4.69, 9.17) is 0 Å². The van der Waals surface area contributed by atoms with E-state index in [9.17, 15) is 4.39 Å². The molecule has 2 rings (SSSR count). The lowest BCUT2D eigenvalue weighted by molar-refractivity contribution is 0.199. The van der Waals surface area contributed by atoms with Crippen LogP contribution in [0.15, 0.2) is 22.7 Å². The Hall–Kier alpha value is -0.450. The molecule has 1 fully saturated rings. The second-order valence-corrected chi connectivity index (χ2v) is 5.18. The lowest BCUT2D eigenvalue weighted by Gasteiger charge is -2.32. The second kappa shape index (κ2) is 5.25. The highest BCUT2D eigenvalue weighted by molar-refractivity contribution is 9.10. The zero-order valence-electron chi connectivity index (χ0n) is 9.34. The first-order valence-corrected chi connectivity index (χ1v) is 6.34. The van der Waals surface area contributed by atoms with E-state index in [-0.39, 0.29) is 5.82 Å². The smallest absolute Gasteiger partial charge is 0.124 e. The van der Waals surface area contributed by atoms with E-state index in [1.165, 1.54) is 12.1 Å². The molecule has 1 aromatic rings. The topological polar surface area (TPSA) is 15.3 Å². The molecule has 1 atom stereocenters. The Kier molecular flexibility index (Phi) is 3.95. The van der Waals surface area contributed by atoms with E-state index in [1.807, 2.05) is 6.07 Å². The van der Waals surface area contributed by atoms with Crippen LogP contribution in [0.5, 0.6) is 0 Å². The van der Waals surface area contributed by atoms with E-state index in [0.717, 1.165) is 36.2 Å². The van der Waals surface area contributed by atoms with Gasteiger partial charge < -0.3 is 5.32 Å². The van der Waals surface area contributed by atoms with Gasteiger partial charge in [0.15, 0.2) is 0 Å². The van der Waals surface area contributed by atoms with E-state index in [2.05, 4.69) is 33.1 Å². The molecule has 2 nitrogen and oxygen atoms in total. The lowest BCUT2D eigenvalue weighted by atomic mass is 10.1. The Bertz CT molecular complexity index is 370. The number of benzene rings is 1. The van der Waals surface area contributed by atoms with Gasteiger partial charge in [-0.1, -0.05) is 22.0 Å². The van der Waals surface area contributed by atoms with Crippen LogP contribution in [0.4, 0.5) is 4.39 Å². The maximum Gasteiger partial charge on any atom is 0.124 e. The molecule has 0 radical (unpaired) electrons. The standard InChI is InChI=1S/C12H16BrFN2/c1-9-7-16(5-4-15-9)8-10-2-3-11(14)6-12(10)13/h2-3,6,9,15H,4-5,7-8H2,1H3/t9-/m1/s1. The Morgan fingerprint density at radius 2 is 2.38 bits per heavy atom. The quantitative estimate of drug-likeness (QED) is 0.898. The minimum atomic E-state index is -0.190. The molecule has 1 aliphatic heterocycles. The summed E-state index contributed by atoms with van der Waals surface area (Å²) in [5.74, 6) is -0.190. The first kappa shape index (κ1) is 12.0. The van der Waals surface area contributed by atoms with Gasteiger partial charge in [0, 0.05) is 36.7 Å². The summed E-state index contributed by atoms with van der Waals surface area (Å²) in [5.41, 5.74) is 1.15. The van der Waals surface area contributed by atoms with Crippen LogP contribution < -0.4 is 5.32 Å². The van der Waals surface area contributed by atoms with Gasteiger partial charge >= 0.3 is 0 Å². The highest BCUT2D eigenvalue weighted by Crippen LogP contribution is 2.20. The van der Waals surface area contributed by atoms with Gasteiger partial charge in [-0.15, -0.1) is 0 Å². The fourth-order valence-corrected chi connectivity index (χ4v) is 2.52. The van der Waals surface area contributed by atoms with Crippen molar-refractivity contribution in [2.24, 2.45) is 0 Å². The minimum Gasteiger partial charge on any atom is -0.312 e. The summed E-state index contributed by atoms with van der Waals surface area (Å²) in [7, 11) is 0. The molecule has 0 amide bonds. The number of hydrogen-bond acceptors (Lipinski definition) is 2. The summed E-state index contributed by atoms with van der Waals surface area (Å²) in [6, 6.07) is 5.44. The number of nitrogens with one attached hydrogen (secondary N) is 1. The van der Waals surface area contributed by atoms with Gasteiger partial charge in [0.25, 0.3) is 0 Å². The van der Waals surface area contributed by atoms with Gasteiger partial charge in [0.05, 0.1) is 0 Å². The normalized spacial score (nSPS) is 22.3. The van der Waals surface area contributed by atoms with Crippen molar-refractivity contribution in [2.75, 3.05) is 19.6 Å². The maximum atomic E-state index is 12.9. The third kappa shape index (κ3) is 3.03. The molecule has 0 aromatic heterocycles. The average molecular weight is 287 g/mol. The lowest BCUT2D eigenvalue weighted by Crippen LogP contribution is -2.48. The SMILES string of the molecule is C[C@@H]1CN(Cc2ccc(F)cc2Br)CCN1. The molecule has 1 saturated heterocycles. The van der Waals surface area contributed by atoms with Gasteiger partial charge in [-0.05, 0) is 24.6 Å². The molecule has 1 aliphatic rings. The third-order valence-electron chi connectivity index (χ3n) is 2.86. The first-order chi connectivity index (χ1) is 7.65. The van der Waals surface area contributed by atoms with Crippen LogP contribution in [0.3, 0.4) is 0 Å². The van der Waals surface area contributed by atoms with Crippen molar-refractivity contribution in [2.45, 2.75) is 19.5 Å². The molecule has 0 bridgehead atoms. The summed E-state index contributed by atoms with van der Waals surface area (Å²) in [6.45, 7) is 6.19. The van der Waals surface area contributed by atoms with Crippen LogP contribution >= 0.6 is 15.9 Å². The predicted molar refractivity (Wildman–Crippen MR) is 66.8 cm³/mol. The van der Waals surface area contributed by atoms with Crippen LogP contribution in [0.2, 0.25) is 0 Å². The molecular formula is C12H16BrFN2. The molecule has 0 saturated carbocycles. The second-order valence-electron chi connectivity index (χ2n) is 4.33. The summed E-state index contributed by atoms with van der Waals surface area (Å²) in [4.78, 5) is 2.39. The fourth-order valence-electron chi connectivity index (χ4n) is 2.05. The molecule has 0 aliphatic carbocycles. The van der Waals surface area contributed by atoms with Crippen molar-refractivity contribution in [1.29, 1.82) is 0 Å². The summed E-state index contributed by atoms with van der Waals surface area (Å²) in [6.07, 6.45) is 0. The Labute approximate surface area is 104 Å². The van der Waals surface area contributed by atoms with E-state index in [1.54, 1.807) is 0 Å². The maximum absolute atomic E-state index is 12.9. The minimum absolute atomic E-state index is 0.190. The van der Waals surface area contributed by atoms with Crippen molar-refractivity contribution < 1.29 is 4.39 Å². The zero-order chi connectivity index (χ0) is 11.5. The van der Waals surface area contributed by atoms with Crippen molar-refractivity contribution in [3.63, 3.8) is 0 Å². The molecular weight excluding hydrogens is 271 g/mol. The molecule has 1 aromatic carbocycles. The van der Waals surface area contributed by atoms with Gasteiger partial charge in [-0.3, -0.25) is 4.90 Å². The Balaban J connectivity index is 2.02. The Morgan fingerprint density at radius 3 is 3.06 bits per heavy atom. The van der Waals surface area contributed by atoms with Crippen LogP contribution in [-0.4, -0.2) is 30.6 Å². The number of rotatable bonds is 2. The van der Waals surface area contributed by atoms with Crippen molar-refractivity contribution >= 4 is 15.9 Å². The molecule has 4 heteroatoms. The van der Waals surface area contributed by atoms with E-state index >= 15 is 0 Å². The highest BCUT2D eigenvalue weighted by Gasteiger charge is 2.16. The number of piperazine rings is 1. The monoisotopic (exact) mass is 286 g/mol. The largest absolute Gasteiger partial charge is 0.312 e. The molecule has 88 valence electrons. The van der Waals surface area contributed by atoms with Gasteiger partial charge in [0.1, 0.15) is 5.82 Å². The van der Waals surface area contributed by atoms with Crippen LogP contribution in [-0.2, 0) is 6.54 Å². The molecule has 0 spiro atoms. The molecule has 16 heavy (non-hydrogen) atoms. The Morgan fingerprint density at radius 1 is 1.56 bits per heavy atom. The van der Waals surface area contributed by atoms with Crippen LogP contribution in [0.25, 0.3) is 0 Å². The van der Waals surface area contributed by atoms with Crippen molar-refractivity contribution in [3.05, 3.63) is 34.1 Å². The van der Waals surface area contributed by atoms with E-state index < -0.39 is 0 Å². The first-order valence-electron chi connectivity index (χ1n) is 5.55. The van der Waals surface area contributed by atoms with Crippen LogP contribution in [0.1, 0.15) is 12.5 Å². The van der Waals surface area contributed by atoms with Crippen LogP contribution in [0, 0.1) is 5.82 Å². The molecule has 0 unspecified atom stereocenters. The zero-order valence-corrected chi connectivity index (χ0v) is 10.9. The highest BCUT2D eigenvalue weighted by atomic mass is 79.9. The van der Waals surface area contributed by atoms with Gasteiger partial charge in [-0.2, -0.15) is 0 Å². The van der Waals surface area contributed by atoms with Crippen molar-refractivity contribution in [1.82, 2.24) is 10.2 Å². The van der Waals surface area contributed by atoms with Crippen molar-refractivity contribution in [3.8, 4) is 0 Å². The van der Waals surface area contributed by atoms with Gasteiger partial charge in [-0.25, -0.2) is 4.39 Å². The summed E-state index contributed by atoms with van der Waals surface area (Å²) in [5, 5.41) is 3.41. The number of hydrogen-bond donors (Lipinski definition) is 1. The molecule has 1 heterocycles. The number of halogens is 2. The van der Waals surface area contributed by atoms with Gasteiger partial charge in [0.2, 0.25) is 0 Å². The summed E-state index contributed by atoms with van der Waals surface area (Å²) < 4.78 is 13.8. The summed E-state index contributed by atoms with van der Waals surface area (Å²) >= 11 is 3.41. The fraction of sp³-hybridized carbons (Fsp3) is 0.500. The van der Waals surface area contributed by atoms with E-state index in [0.29, 0.717) is 6.04 Å². The average Bonchev–Trinajstić information content (AvgIpc) is 2.22. The molecule has 1 N–H and O–H groups in total.